The maximum absolute atomic E-state index is 12.1. The van der Waals surface area contributed by atoms with E-state index < -0.39 is 9.84 Å². The van der Waals surface area contributed by atoms with Crippen LogP contribution in [0.5, 0.6) is 0 Å². The van der Waals surface area contributed by atoms with Gasteiger partial charge < -0.3 is 0 Å². The third-order valence-electron chi connectivity index (χ3n) is 2.37. The molecule has 2 aromatic carbocycles. The molecule has 0 N–H and O–H groups in total. The molecule has 0 aliphatic carbocycles. The van der Waals surface area contributed by atoms with Gasteiger partial charge in [-0.1, -0.05) is 30.3 Å². The summed E-state index contributed by atoms with van der Waals surface area (Å²) in [5, 5.41) is 0. The van der Waals surface area contributed by atoms with Crippen LogP contribution in [0.15, 0.2) is 59.5 Å². The van der Waals surface area contributed by atoms with E-state index in [4.69, 9.17) is 0 Å². The van der Waals surface area contributed by atoms with E-state index in [-0.39, 0.29) is 5.75 Å². The lowest BCUT2D eigenvalue weighted by atomic mass is 10.2. The van der Waals surface area contributed by atoms with Gasteiger partial charge in [0, 0.05) is 3.57 Å². The monoisotopic (exact) mass is 358 g/mol. The second kappa shape index (κ2) is 5.18. The standard InChI is InChI=1S/C13H11IO2S/c14-12-8-6-11(7-9-12)10-17(15,16)13-4-2-1-3-5-13/h1-9H,10H2. The van der Waals surface area contributed by atoms with E-state index in [0.29, 0.717) is 4.90 Å². The normalized spacial score (nSPS) is 11.4. The van der Waals surface area contributed by atoms with Crippen LogP contribution in [0.2, 0.25) is 0 Å². The van der Waals surface area contributed by atoms with Crippen molar-refractivity contribution in [3.8, 4) is 0 Å². The molecule has 0 spiro atoms. The zero-order chi connectivity index (χ0) is 12.3. The molecule has 0 radical (unpaired) electrons. The molecular weight excluding hydrogens is 347 g/mol. The molecule has 0 aliphatic rings. The highest BCUT2D eigenvalue weighted by molar-refractivity contribution is 14.1. The van der Waals surface area contributed by atoms with Gasteiger partial charge in [0.15, 0.2) is 9.84 Å². The van der Waals surface area contributed by atoms with Gasteiger partial charge in [-0.05, 0) is 52.4 Å². The third-order valence-corrected chi connectivity index (χ3v) is 4.80. The summed E-state index contributed by atoms with van der Waals surface area (Å²) in [4.78, 5) is 0.374. The molecule has 0 amide bonds. The van der Waals surface area contributed by atoms with Gasteiger partial charge in [-0.3, -0.25) is 0 Å². The number of benzene rings is 2. The Bertz CT molecular complexity index is 589. The molecule has 2 rings (SSSR count). The molecule has 0 fully saturated rings. The summed E-state index contributed by atoms with van der Waals surface area (Å²) in [6.07, 6.45) is 0. The SMILES string of the molecule is O=S(=O)(Cc1ccc(I)cc1)c1ccccc1. The van der Waals surface area contributed by atoms with Crippen molar-refractivity contribution >= 4 is 32.4 Å². The van der Waals surface area contributed by atoms with Gasteiger partial charge in [-0.15, -0.1) is 0 Å². The molecule has 0 aromatic heterocycles. The van der Waals surface area contributed by atoms with Crippen LogP contribution in [0, 0.1) is 3.57 Å². The first-order valence-electron chi connectivity index (χ1n) is 5.10. The van der Waals surface area contributed by atoms with E-state index in [1.165, 1.54) is 0 Å². The molecule has 0 bridgehead atoms. The zero-order valence-corrected chi connectivity index (χ0v) is 12.0. The lowest BCUT2D eigenvalue weighted by molar-refractivity contribution is 0.595. The maximum atomic E-state index is 12.1. The summed E-state index contributed by atoms with van der Waals surface area (Å²) in [7, 11) is -3.23. The molecule has 0 saturated heterocycles. The van der Waals surface area contributed by atoms with E-state index >= 15 is 0 Å². The maximum Gasteiger partial charge on any atom is 0.182 e. The van der Waals surface area contributed by atoms with Crippen LogP contribution in [0.4, 0.5) is 0 Å². The van der Waals surface area contributed by atoms with E-state index in [0.717, 1.165) is 9.13 Å². The Morgan fingerprint density at radius 1 is 0.882 bits per heavy atom. The largest absolute Gasteiger partial charge is 0.223 e. The molecule has 4 heteroatoms. The fourth-order valence-corrected chi connectivity index (χ4v) is 3.24. The minimum atomic E-state index is -3.23. The topological polar surface area (TPSA) is 34.1 Å². The number of halogens is 1. The second-order valence-corrected chi connectivity index (χ2v) is 6.93. The lowest BCUT2D eigenvalue weighted by Crippen LogP contribution is -2.04. The summed E-state index contributed by atoms with van der Waals surface area (Å²) in [6.45, 7) is 0. The highest BCUT2D eigenvalue weighted by Crippen LogP contribution is 2.16. The summed E-state index contributed by atoms with van der Waals surface area (Å²) >= 11 is 2.20. The fraction of sp³-hybridized carbons (Fsp3) is 0.0769. The molecule has 2 aromatic rings. The Balaban J connectivity index is 2.27. The predicted molar refractivity (Wildman–Crippen MR) is 76.5 cm³/mol. The van der Waals surface area contributed by atoms with Gasteiger partial charge in [-0.2, -0.15) is 0 Å². The van der Waals surface area contributed by atoms with Gasteiger partial charge in [0.05, 0.1) is 10.6 Å². The quantitative estimate of drug-likeness (QED) is 0.790. The van der Waals surface area contributed by atoms with Gasteiger partial charge in [0.25, 0.3) is 0 Å². The van der Waals surface area contributed by atoms with Gasteiger partial charge in [-0.25, -0.2) is 8.42 Å². The Kier molecular flexibility index (Phi) is 3.83. The molecular formula is C13H11IO2S. The minimum Gasteiger partial charge on any atom is -0.223 e. The first kappa shape index (κ1) is 12.6. The van der Waals surface area contributed by atoms with E-state index in [1.807, 2.05) is 30.3 Å². The number of hydrogen-bond acceptors (Lipinski definition) is 2. The summed E-state index contributed by atoms with van der Waals surface area (Å²) in [5.74, 6) is 0.0495. The summed E-state index contributed by atoms with van der Waals surface area (Å²) < 4.78 is 25.3. The van der Waals surface area contributed by atoms with Crippen molar-refractivity contribution in [2.24, 2.45) is 0 Å². The van der Waals surface area contributed by atoms with Crippen LogP contribution in [-0.2, 0) is 15.6 Å². The van der Waals surface area contributed by atoms with Crippen molar-refractivity contribution in [3.63, 3.8) is 0 Å². The number of rotatable bonds is 3. The third kappa shape index (κ3) is 3.29. The molecule has 88 valence electrons. The Labute approximate surface area is 115 Å². The van der Waals surface area contributed by atoms with Crippen LogP contribution >= 0.6 is 22.6 Å². The first-order valence-corrected chi connectivity index (χ1v) is 7.83. The van der Waals surface area contributed by atoms with Crippen molar-refractivity contribution in [3.05, 3.63) is 63.7 Å². The second-order valence-electron chi connectivity index (χ2n) is 3.70. The van der Waals surface area contributed by atoms with Gasteiger partial charge >= 0.3 is 0 Å². The molecule has 17 heavy (non-hydrogen) atoms. The van der Waals surface area contributed by atoms with Gasteiger partial charge in [0.2, 0.25) is 0 Å². The number of hydrogen-bond donors (Lipinski definition) is 0. The van der Waals surface area contributed by atoms with Crippen LogP contribution in [0.1, 0.15) is 5.56 Å². The number of sulfone groups is 1. The van der Waals surface area contributed by atoms with E-state index in [9.17, 15) is 8.42 Å². The van der Waals surface area contributed by atoms with Crippen LogP contribution in [0.25, 0.3) is 0 Å². The molecule has 2 nitrogen and oxygen atoms in total. The van der Waals surface area contributed by atoms with Gasteiger partial charge in [0.1, 0.15) is 0 Å². The predicted octanol–water partition coefficient (Wildman–Crippen LogP) is 3.27. The van der Waals surface area contributed by atoms with Crippen molar-refractivity contribution in [2.45, 2.75) is 10.6 Å². The smallest absolute Gasteiger partial charge is 0.182 e. The highest BCUT2D eigenvalue weighted by atomic mass is 127. The van der Waals surface area contributed by atoms with Crippen molar-refractivity contribution in [1.29, 1.82) is 0 Å². The Morgan fingerprint density at radius 2 is 1.47 bits per heavy atom. The Hall–Kier alpha value is -0.880. The lowest BCUT2D eigenvalue weighted by Gasteiger charge is -2.04. The first-order chi connectivity index (χ1) is 8.08. The van der Waals surface area contributed by atoms with E-state index in [2.05, 4.69) is 22.6 Å². The van der Waals surface area contributed by atoms with Crippen LogP contribution in [0.3, 0.4) is 0 Å². The van der Waals surface area contributed by atoms with Crippen molar-refractivity contribution in [1.82, 2.24) is 0 Å². The summed E-state index contributed by atoms with van der Waals surface area (Å²) in [6, 6.07) is 16.1. The fourth-order valence-electron chi connectivity index (χ4n) is 1.51. The average molecular weight is 358 g/mol. The minimum absolute atomic E-state index is 0.0495. The molecule has 0 heterocycles. The molecule has 0 aliphatic heterocycles. The van der Waals surface area contributed by atoms with E-state index in [1.54, 1.807) is 24.3 Å². The van der Waals surface area contributed by atoms with Crippen molar-refractivity contribution < 1.29 is 8.42 Å². The van der Waals surface area contributed by atoms with Crippen LogP contribution < -0.4 is 0 Å². The molecule has 0 atom stereocenters. The highest BCUT2D eigenvalue weighted by Gasteiger charge is 2.14. The molecule has 0 unspecified atom stereocenters. The van der Waals surface area contributed by atoms with Crippen LogP contribution in [-0.4, -0.2) is 8.42 Å². The molecule has 0 saturated carbocycles. The zero-order valence-electron chi connectivity index (χ0n) is 9.01. The average Bonchev–Trinajstić information content (AvgIpc) is 2.33. The summed E-state index contributed by atoms with van der Waals surface area (Å²) in [5.41, 5.74) is 0.814. The van der Waals surface area contributed by atoms with Crippen molar-refractivity contribution in [2.75, 3.05) is 0 Å². The Morgan fingerprint density at radius 3 is 2.06 bits per heavy atom.